The van der Waals surface area contributed by atoms with Gasteiger partial charge in [0.05, 0.1) is 0 Å². The van der Waals surface area contributed by atoms with Crippen LogP contribution in [0.25, 0.3) is 0 Å². The molecule has 0 atom stereocenters. The predicted molar refractivity (Wildman–Crippen MR) is 107 cm³/mol. The molecule has 2 heterocycles. The summed E-state index contributed by atoms with van der Waals surface area (Å²) in [6, 6.07) is 7.38. The molecule has 1 aromatic carbocycles. The molecule has 1 N–H and O–H groups in total. The monoisotopic (exact) mass is 418 g/mol. The molecule has 0 saturated carbocycles. The fraction of sp³-hybridized carbons (Fsp3) is 0.421. The van der Waals surface area contributed by atoms with Crippen molar-refractivity contribution in [2.45, 2.75) is 39.7 Å². The van der Waals surface area contributed by atoms with Gasteiger partial charge in [0.15, 0.2) is 0 Å². The molecule has 3 rings (SSSR count). The zero-order valence-electron chi connectivity index (χ0n) is 15.1. The van der Waals surface area contributed by atoms with Crippen molar-refractivity contribution in [3.63, 3.8) is 0 Å². The Morgan fingerprint density at radius 1 is 1.23 bits per heavy atom. The third kappa shape index (κ3) is 4.15. The first kappa shape index (κ1) is 18.6. The predicted octanol–water partition coefficient (Wildman–Crippen LogP) is 3.25. The summed E-state index contributed by atoms with van der Waals surface area (Å²) in [5.74, 6) is 0.357. The van der Waals surface area contributed by atoms with Crippen molar-refractivity contribution in [2.75, 3.05) is 23.3 Å². The number of amides is 1. The van der Waals surface area contributed by atoms with Gasteiger partial charge in [0.1, 0.15) is 6.54 Å². The average Bonchev–Trinajstić information content (AvgIpc) is 2.63. The number of benzene rings is 1. The number of hydrogen-bond acceptors (Lipinski definition) is 4. The second kappa shape index (κ2) is 8.03. The average molecular weight is 419 g/mol. The van der Waals surface area contributed by atoms with Gasteiger partial charge in [-0.25, -0.2) is 4.98 Å². The van der Waals surface area contributed by atoms with Crippen molar-refractivity contribution in [3.8, 4) is 0 Å². The molecular weight excluding hydrogens is 396 g/mol. The van der Waals surface area contributed by atoms with Crippen molar-refractivity contribution < 1.29 is 4.79 Å². The SMILES string of the molecule is Cc1nc(N2CCCCC2)n(CC(=O)Nc2cccc(Br)c2)c(=O)c1C. The number of anilines is 2. The summed E-state index contributed by atoms with van der Waals surface area (Å²) in [6.45, 7) is 5.28. The first-order chi connectivity index (χ1) is 12.5. The van der Waals surface area contributed by atoms with Crippen LogP contribution >= 0.6 is 15.9 Å². The second-order valence-corrected chi connectivity index (χ2v) is 7.54. The molecule has 1 saturated heterocycles. The van der Waals surface area contributed by atoms with Crippen LogP contribution in [0.3, 0.4) is 0 Å². The summed E-state index contributed by atoms with van der Waals surface area (Å²) < 4.78 is 2.38. The maximum absolute atomic E-state index is 12.8. The number of rotatable bonds is 4. The summed E-state index contributed by atoms with van der Waals surface area (Å²) in [4.78, 5) is 32.1. The normalized spacial score (nSPS) is 14.3. The Kier molecular flexibility index (Phi) is 5.76. The summed E-state index contributed by atoms with van der Waals surface area (Å²) in [6.07, 6.45) is 3.34. The highest BCUT2D eigenvalue weighted by Crippen LogP contribution is 2.19. The van der Waals surface area contributed by atoms with Gasteiger partial charge in [-0.15, -0.1) is 0 Å². The second-order valence-electron chi connectivity index (χ2n) is 6.62. The van der Waals surface area contributed by atoms with E-state index < -0.39 is 0 Å². The number of hydrogen-bond donors (Lipinski definition) is 1. The molecule has 0 bridgehead atoms. The lowest BCUT2D eigenvalue weighted by Crippen LogP contribution is -2.39. The van der Waals surface area contributed by atoms with E-state index in [1.165, 1.54) is 11.0 Å². The number of piperidine rings is 1. The Morgan fingerprint density at radius 2 is 1.96 bits per heavy atom. The number of nitrogens with one attached hydrogen (secondary N) is 1. The lowest BCUT2D eigenvalue weighted by atomic mass is 10.1. The zero-order valence-corrected chi connectivity index (χ0v) is 16.7. The van der Waals surface area contributed by atoms with Crippen LogP contribution < -0.4 is 15.8 Å². The lowest BCUT2D eigenvalue weighted by Gasteiger charge is -2.30. The standard InChI is InChI=1S/C19H23BrN4O2/c1-13-14(2)21-19(23-9-4-3-5-10-23)24(18(13)26)12-17(25)22-16-8-6-7-15(20)11-16/h6-8,11H,3-5,9-10,12H2,1-2H3,(H,22,25). The van der Waals surface area contributed by atoms with Crippen LogP contribution in [0.5, 0.6) is 0 Å². The summed E-state index contributed by atoms with van der Waals surface area (Å²) in [7, 11) is 0. The Morgan fingerprint density at radius 3 is 2.65 bits per heavy atom. The van der Waals surface area contributed by atoms with Crippen LogP contribution in [0.2, 0.25) is 0 Å². The van der Waals surface area contributed by atoms with Gasteiger partial charge in [-0.1, -0.05) is 22.0 Å². The minimum Gasteiger partial charge on any atom is -0.342 e. The molecule has 2 aromatic rings. The van der Waals surface area contributed by atoms with E-state index in [0.29, 0.717) is 17.2 Å². The van der Waals surface area contributed by atoms with Gasteiger partial charge in [0.25, 0.3) is 5.56 Å². The molecule has 6 nitrogen and oxygen atoms in total. The molecule has 0 unspecified atom stereocenters. The van der Waals surface area contributed by atoms with Crippen LogP contribution in [-0.2, 0) is 11.3 Å². The third-order valence-electron chi connectivity index (χ3n) is 4.67. The fourth-order valence-electron chi connectivity index (χ4n) is 3.13. The summed E-state index contributed by atoms with van der Waals surface area (Å²) in [5.41, 5.74) is 1.84. The van der Waals surface area contributed by atoms with Gasteiger partial charge >= 0.3 is 0 Å². The summed E-state index contributed by atoms with van der Waals surface area (Å²) in [5, 5.41) is 2.85. The van der Waals surface area contributed by atoms with Gasteiger partial charge < -0.3 is 10.2 Å². The number of nitrogens with zero attached hydrogens (tertiary/aromatic N) is 3. The fourth-order valence-corrected chi connectivity index (χ4v) is 3.53. The number of aryl methyl sites for hydroxylation is 1. The minimum atomic E-state index is -0.242. The van der Waals surface area contributed by atoms with Gasteiger partial charge in [0.2, 0.25) is 11.9 Å². The third-order valence-corrected chi connectivity index (χ3v) is 5.16. The highest BCUT2D eigenvalue weighted by atomic mass is 79.9. The minimum absolute atomic E-state index is 0.0503. The maximum Gasteiger partial charge on any atom is 0.258 e. The van der Waals surface area contributed by atoms with Gasteiger partial charge in [0, 0.05) is 34.5 Å². The Hall–Kier alpha value is -2.15. The number of halogens is 1. The van der Waals surface area contributed by atoms with Crippen molar-refractivity contribution in [3.05, 3.63) is 50.3 Å². The molecule has 0 aliphatic carbocycles. The number of aromatic nitrogens is 2. The molecule has 26 heavy (non-hydrogen) atoms. The highest BCUT2D eigenvalue weighted by Gasteiger charge is 2.20. The van der Waals surface area contributed by atoms with E-state index in [1.54, 1.807) is 6.92 Å². The maximum atomic E-state index is 12.8. The van der Waals surface area contributed by atoms with E-state index in [0.717, 1.165) is 36.1 Å². The molecule has 138 valence electrons. The largest absolute Gasteiger partial charge is 0.342 e. The van der Waals surface area contributed by atoms with Gasteiger partial charge in [-0.3, -0.25) is 14.2 Å². The molecule has 0 radical (unpaired) electrons. The lowest BCUT2D eigenvalue weighted by molar-refractivity contribution is -0.116. The van der Waals surface area contributed by atoms with E-state index in [4.69, 9.17) is 0 Å². The zero-order chi connectivity index (χ0) is 18.7. The van der Waals surface area contributed by atoms with E-state index in [1.807, 2.05) is 31.2 Å². The number of carbonyl (C=O) groups is 1. The van der Waals surface area contributed by atoms with Crippen LogP contribution in [0.1, 0.15) is 30.5 Å². The summed E-state index contributed by atoms with van der Waals surface area (Å²) >= 11 is 3.39. The molecule has 1 aliphatic rings. The van der Waals surface area contributed by atoms with Crippen molar-refractivity contribution in [1.29, 1.82) is 0 Å². The van der Waals surface area contributed by atoms with Crippen LogP contribution in [-0.4, -0.2) is 28.5 Å². The van der Waals surface area contributed by atoms with Crippen molar-refractivity contribution in [2.24, 2.45) is 0 Å². The van der Waals surface area contributed by atoms with Crippen LogP contribution in [0.4, 0.5) is 11.6 Å². The van der Waals surface area contributed by atoms with Crippen molar-refractivity contribution >= 4 is 33.5 Å². The quantitative estimate of drug-likeness (QED) is 0.827. The molecule has 1 fully saturated rings. The molecule has 1 aromatic heterocycles. The molecule has 1 aliphatic heterocycles. The van der Waals surface area contributed by atoms with E-state index >= 15 is 0 Å². The van der Waals surface area contributed by atoms with E-state index in [-0.39, 0.29) is 18.0 Å². The number of carbonyl (C=O) groups excluding carboxylic acids is 1. The first-order valence-corrected chi connectivity index (χ1v) is 9.63. The van der Waals surface area contributed by atoms with Gasteiger partial charge in [-0.05, 0) is 51.3 Å². The highest BCUT2D eigenvalue weighted by molar-refractivity contribution is 9.10. The molecular formula is C19H23BrN4O2. The topological polar surface area (TPSA) is 67.2 Å². The Bertz CT molecular complexity index is 872. The van der Waals surface area contributed by atoms with Crippen molar-refractivity contribution in [1.82, 2.24) is 9.55 Å². The molecule has 0 spiro atoms. The Balaban J connectivity index is 1.89. The smallest absolute Gasteiger partial charge is 0.258 e. The van der Waals surface area contributed by atoms with Gasteiger partial charge in [-0.2, -0.15) is 0 Å². The Labute approximate surface area is 161 Å². The van der Waals surface area contributed by atoms with E-state index in [2.05, 4.69) is 31.1 Å². The first-order valence-electron chi connectivity index (χ1n) is 8.84. The molecule has 7 heteroatoms. The van der Waals surface area contributed by atoms with Crippen LogP contribution in [0.15, 0.2) is 33.5 Å². The molecule has 1 amide bonds. The van der Waals surface area contributed by atoms with E-state index in [9.17, 15) is 9.59 Å². The van der Waals surface area contributed by atoms with Crippen LogP contribution in [0, 0.1) is 13.8 Å².